The minimum Gasteiger partial charge on any atom is -0.355 e. The first kappa shape index (κ1) is 12.7. The lowest BCUT2D eigenvalue weighted by atomic mass is 10.5. The molecule has 0 unspecified atom stereocenters. The van der Waals surface area contributed by atoms with Gasteiger partial charge >= 0.3 is 0 Å². The average molecular weight is 226 g/mol. The predicted molar refractivity (Wildman–Crippen MR) is 54.0 cm³/mol. The lowest BCUT2D eigenvalue weighted by Crippen LogP contribution is -2.28. The van der Waals surface area contributed by atoms with Crippen molar-refractivity contribution in [3.8, 4) is 0 Å². The van der Waals surface area contributed by atoms with E-state index in [2.05, 4.69) is 5.32 Å². The Hall–Kier alpha value is -0.270. The molecular weight excluding hydrogens is 212 g/mol. The van der Waals surface area contributed by atoms with Crippen LogP contribution >= 0.6 is 11.8 Å². The van der Waals surface area contributed by atoms with Gasteiger partial charge in [0.1, 0.15) is 0 Å². The molecule has 0 rings (SSSR count). The van der Waals surface area contributed by atoms with E-state index >= 15 is 0 Å². The van der Waals surface area contributed by atoms with Crippen LogP contribution in [0.2, 0.25) is 0 Å². The quantitative estimate of drug-likeness (QED) is 0.577. The third kappa shape index (κ3) is 9.65. The molecule has 0 spiro atoms. The second kappa shape index (κ2) is 6.22. The number of rotatable bonds is 6. The van der Waals surface area contributed by atoms with Crippen molar-refractivity contribution in [3.05, 3.63) is 0 Å². The summed E-state index contributed by atoms with van der Waals surface area (Å²) in [5.74, 6) is 0.226. The maximum Gasteiger partial charge on any atom is 0.229 e. The van der Waals surface area contributed by atoms with Crippen LogP contribution in [0.3, 0.4) is 0 Å². The van der Waals surface area contributed by atoms with Gasteiger partial charge in [-0.2, -0.15) is 11.8 Å². The normalized spacial score (nSPS) is 11.2. The van der Waals surface area contributed by atoms with Gasteiger partial charge in [-0.1, -0.05) is 0 Å². The van der Waals surface area contributed by atoms with Gasteiger partial charge in [0.15, 0.2) is 0 Å². The van der Waals surface area contributed by atoms with Crippen molar-refractivity contribution < 1.29 is 13.2 Å². The summed E-state index contributed by atoms with van der Waals surface area (Å²) in [5, 5.41) is 7.34. The smallest absolute Gasteiger partial charge is 0.229 e. The second-order valence-electron chi connectivity index (χ2n) is 2.50. The molecule has 0 bridgehead atoms. The van der Waals surface area contributed by atoms with Crippen LogP contribution in [-0.4, -0.2) is 38.6 Å². The Morgan fingerprint density at radius 2 is 2.15 bits per heavy atom. The summed E-state index contributed by atoms with van der Waals surface area (Å²) in [4.78, 5) is 10.9. The van der Waals surface area contributed by atoms with Gasteiger partial charge in [-0.05, 0) is 12.7 Å². The lowest BCUT2D eigenvalue weighted by Gasteiger charge is -2.02. The number of primary sulfonamides is 1. The number of nitrogens with one attached hydrogen (secondary N) is 1. The highest BCUT2D eigenvalue weighted by molar-refractivity contribution is 7.99. The zero-order valence-corrected chi connectivity index (χ0v) is 9.08. The molecule has 1 amide bonds. The summed E-state index contributed by atoms with van der Waals surface area (Å²) in [6, 6.07) is 0. The molecule has 0 heterocycles. The molecule has 0 aliphatic carbocycles. The summed E-state index contributed by atoms with van der Waals surface area (Å²) in [6.07, 6.45) is 2.18. The van der Waals surface area contributed by atoms with Crippen molar-refractivity contribution in [1.82, 2.24) is 5.32 Å². The van der Waals surface area contributed by atoms with Gasteiger partial charge in [-0.25, -0.2) is 13.6 Å². The highest BCUT2D eigenvalue weighted by Crippen LogP contribution is 1.89. The minimum absolute atomic E-state index is 0.0816. The topological polar surface area (TPSA) is 89.3 Å². The molecule has 13 heavy (non-hydrogen) atoms. The van der Waals surface area contributed by atoms with E-state index in [0.29, 0.717) is 18.7 Å². The lowest BCUT2D eigenvalue weighted by molar-refractivity contribution is -0.118. The van der Waals surface area contributed by atoms with Crippen LogP contribution in [0.4, 0.5) is 0 Å². The summed E-state index contributed by atoms with van der Waals surface area (Å²) < 4.78 is 20.9. The second-order valence-corrected chi connectivity index (χ2v) is 5.10. The molecule has 0 aliphatic rings. The number of hydrogen-bond donors (Lipinski definition) is 2. The van der Waals surface area contributed by atoms with Crippen molar-refractivity contribution in [1.29, 1.82) is 0 Å². The maximum atomic E-state index is 10.9. The van der Waals surface area contributed by atoms with Crippen LogP contribution in [-0.2, 0) is 14.8 Å². The van der Waals surface area contributed by atoms with E-state index in [1.165, 1.54) is 11.8 Å². The van der Waals surface area contributed by atoms with Crippen LogP contribution < -0.4 is 10.5 Å². The van der Waals surface area contributed by atoms with E-state index in [-0.39, 0.29) is 11.7 Å². The molecule has 78 valence electrons. The van der Waals surface area contributed by atoms with Gasteiger partial charge in [-0.15, -0.1) is 0 Å². The van der Waals surface area contributed by atoms with E-state index in [0.717, 1.165) is 0 Å². The molecule has 0 aromatic heterocycles. The summed E-state index contributed by atoms with van der Waals surface area (Å²) in [6.45, 7) is 0.357. The van der Waals surface area contributed by atoms with Crippen molar-refractivity contribution in [2.75, 3.05) is 24.3 Å². The first-order chi connectivity index (χ1) is 5.95. The molecule has 0 saturated carbocycles. The van der Waals surface area contributed by atoms with Crippen molar-refractivity contribution in [3.63, 3.8) is 0 Å². The van der Waals surface area contributed by atoms with Crippen LogP contribution in [0.25, 0.3) is 0 Å². The molecule has 0 saturated heterocycles. The van der Waals surface area contributed by atoms with E-state index < -0.39 is 10.0 Å². The highest BCUT2D eigenvalue weighted by Gasteiger charge is 2.03. The largest absolute Gasteiger partial charge is 0.355 e. The number of amides is 1. The molecule has 0 atom stereocenters. The zero-order valence-electron chi connectivity index (χ0n) is 7.45. The predicted octanol–water partition coefficient (Wildman–Crippen LogP) is -0.856. The zero-order chi connectivity index (χ0) is 10.3. The summed E-state index contributed by atoms with van der Waals surface area (Å²) >= 11 is 1.42. The number of carbonyl (C=O) groups excluding carboxylic acids is 1. The Balaban J connectivity index is 3.41. The molecule has 5 nitrogen and oxygen atoms in total. The fourth-order valence-electron chi connectivity index (χ4n) is 0.683. The number of hydrogen-bond acceptors (Lipinski definition) is 4. The maximum absolute atomic E-state index is 10.9. The minimum atomic E-state index is -3.39. The van der Waals surface area contributed by atoms with Crippen LogP contribution in [0.1, 0.15) is 6.42 Å². The van der Waals surface area contributed by atoms with Gasteiger partial charge < -0.3 is 5.32 Å². The standard InChI is InChI=1S/C6H14N2O3S2/c1-12-5-6(9)8-3-2-4-13(7,10)11/h2-5H2,1H3,(H,8,9)(H2,7,10,11). The van der Waals surface area contributed by atoms with Crippen LogP contribution in [0.15, 0.2) is 0 Å². The Labute approximate surface area is 82.5 Å². The number of nitrogens with two attached hydrogens (primary N) is 1. The van der Waals surface area contributed by atoms with E-state index in [4.69, 9.17) is 5.14 Å². The first-order valence-electron chi connectivity index (χ1n) is 3.72. The summed E-state index contributed by atoms with van der Waals surface area (Å²) in [7, 11) is -3.39. The summed E-state index contributed by atoms with van der Waals surface area (Å²) in [5.41, 5.74) is 0. The SMILES string of the molecule is CSCC(=O)NCCCS(N)(=O)=O. The fraction of sp³-hybridized carbons (Fsp3) is 0.833. The molecule has 0 fully saturated rings. The van der Waals surface area contributed by atoms with Crippen molar-refractivity contribution in [2.45, 2.75) is 6.42 Å². The molecule has 0 aliphatic heterocycles. The van der Waals surface area contributed by atoms with Crippen molar-refractivity contribution in [2.24, 2.45) is 5.14 Å². The number of thioether (sulfide) groups is 1. The van der Waals surface area contributed by atoms with Crippen LogP contribution in [0.5, 0.6) is 0 Å². The highest BCUT2D eigenvalue weighted by atomic mass is 32.2. The Kier molecular flexibility index (Phi) is 6.10. The fourth-order valence-corrected chi connectivity index (χ4v) is 1.59. The van der Waals surface area contributed by atoms with Gasteiger partial charge in [-0.3, -0.25) is 4.79 Å². The molecule has 7 heteroatoms. The van der Waals surface area contributed by atoms with Gasteiger partial charge in [0.2, 0.25) is 15.9 Å². The molecule has 0 aromatic carbocycles. The Bertz CT molecular complexity index is 251. The Morgan fingerprint density at radius 3 is 2.62 bits per heavy atom. The molecule has 0 radical (unpaired) electrons. The van der Waals surface area contributed by atoms with Crippen LogP contribution in [0, 0.1) is 0 Å². The number of sulfonamides is 1. The molecular formula is C6H14N2O3S2. The van der Waals surface area contributed by atoms with Gasteiger partial charge in [0, 0.05) is 6.54 Å². The van der Waals surface area contributed by atoms with E-state index in [1.807, 2.05) is 6.26 Å². The third-order valence-corrected chi connectivity index (χ3v) is 2.61. The molecule has 3 N–H and O–H groups in total. The Morgan fingerprint density at radius 1 is 1.54 bits per heavy atom. The van der Waals surface area contributed by atoms with E-state index in [1.54, 1.807) is 0 Å². The monoisotopic (exact) mass is 226 g/mol. The van der Waals surface area contributed by atoms with Crippen molar-refractivity contribution >= 4 is 27.7 Å². The number of carbonyl (C=O) groups is 1. The molecule has 0 aromatic rings. The van der Waals surface area contributed by atoms with E-state index in [9.17, 15) is 13.2 Å². The average Bonchev–Trinajstić information content (AvgIpc) is 1.97. The van der Waals surface area contributed by atoms with Gasteiger partial charge in [0.05, 0.1) is 11.5 Å². The first-order valence-corrected chi connectivity index (χ1v) is 6.83. The van der Waals surface area contributed by atoms with Gasteiger partial charge in [0.25, 0.3) is 0 Å². The third-order valence-electron chi connectivity index (χ3n) is 1.20.